The Morgan fingerprint density at radius 2 is 1.94 bits per heavy atom. The summed E-state index contributed by atoms with van der Waals surface area (Å²) in [7, 11) is 0. The van der Waals surface area contributed by atoms with E-state index in [1.807, 2.05) is 12.1 Å². The quantitative estimate of drug-likeness (QED) is 0.677. The first-order chi connectivity index (χ1) is 8.22. The Bertz CT molecular complexity index is 441. The predicted molar refractivity (Wildman–Crippen MR) is 65.2 cm³/mol. The van der Waals surface area contributed by atoms with E-state index >= 15 is 0 Å². The Balaban J connectivity index is 1.80. The molecule has 1 saturated carbocycles. The summed E-state index contributed by atoms with van der Waals surface area (Å²) in [6.45, 7) is 0. The van der Waals surface area contributed by atoms with Gasteiger partial charge in [0.15, 0.2) is 0 Å². The van der Waals surface area contributed by atoms with Crippen molar-refractivity contribution in [3.63, 3.8) is 0 Å². The van der Waals surface area contributed by atoms with Crippen LogP contribution in [0.15, 0.2) is 29.3 Å². The van der Waals surface area contributed by atoms with Gasteiger partial charge < -0.3 is 15.5 Å². The normalized spacial score (nSPS) is 31.6. The minimum Gasteiger partial charge on any atom is -0.508 e. The van der Waals surface area contributed by atoms with Crippen molar-refractivity contribution in [2.24, 2.45) is 4.99 Å². The molecule has 1 heterocycles. The van der Waals surface area contributed by atoms with Gasteiger partial charge in [0.1, 0.15) is 11.6 Å². The number of phenols is 1. The van der Waals surface area contributed by atoms with Gasteiger partial charge in [-0.05, 0) is 43.5 Å². The van der Waals surface area contributed by atoms with E-state index in [0.29, 0.717) is 6.04 Å². The van der Waals surface area contributed by atoms with Crippen LogP contribution in [0.1, 0.15) is 24.8 Å². The zero-order valence-corrected chi connectivity index (χ0v) is 9.50. The molecule has 0 bridgehead atoms. The number of aliphatic hydroxyl groups excluding tert-OH is 1. The van der Waals surface area contributed by atoms with Crippen molar-refractivity contribution in [3.8, 4) is 5.75 Å². The van der Waals surface area contributed by atoms with Crippen LogP contribution in [0.4, 0.5) is 0 Å². The standard InChI is InChI=1S/C13H16N2O2/c16-9-3-1-8(2-4-9)13-14-11-6-5-10(17)7-12(11)15-13/h1-4,10-12,16-17H,5-7H2,(H,14,15). The molecular weight excluding hydrogens is 216 g/mol. The average molecular weight is 232 g/mol. The third-order valence-electron chi connectivity index (χ3n) is 3.54. The Hall–Kier alpha value is -1.55. The van der Waals surface area contributed by atoms with Gasteiger partial charge >= 0.3 is 0 Å². The summed E-state index contributed by atoms with van der Waals surface area (Å²) in [6.07, 6.45) is 2.36. The predicted octanol–water partition coefficient (Wildman–Crippen LogP) is 1.02. The van der Waals surface area contributed by atoms with E-state index in [1.54, 1.807) is 12.1 Å². The monoisotopic (exact) mass is 232 g/mol. The molecule has 3 rings (SSSR count). The number of amidine groups is 1. The van der Waals surface area contributed by atoms with Gasteiger partial charge in [-0.1, -0.05) is 0 Å². The number of benzene rings is 1. The van der Waals surface area contributed by atoms with E-state index in [2.05, 4.69) is 10.3 Å². The highest BCUT2D eigenvalue weighted by Crippen LogP contribution is 2.26. The summed E-state index contributed by atoms with van der Waals surface area (Å²) in [4.78, 5) is 4.66. The highest BCUT2D eigenvalue weighted by molar-refractivity contribution is 6.00. The van der Waals surface area contributed by atoms with Crippen LogP contribution in [0.3, 0.4) is 0 Å². The molecule has 1 aromatic carbocycles. The number of aliphatic imine (C=N–C) groups is 1. The molecule has 2 aliphatic rings. The lowest BCUT2D eigenvalue weighted by Gasteiger charge is -2.27. The molecule has 0 radical (unpaired) electrons. The van der Waals surface area contributed by atoms with Gasteiger partial charge in [0.05, 0.1) is 18.2 Å². The van der Waals surface area contributed by atoms with Crippen LogP contribution < -0.4 is 5.32 Å². The number of aliphatic hydroxyl groups is 1. The second-order valence-corrected chi connectivity index (χ2v) is 4.81. The van der Waals surface area contributed by atoms with Crippen molar-refractivity contribution in [3.05, 3.63) is 29.8 Å². The fourth-order valence-electron chi connectivity index (χ4n) is 2.60. The molecule has 1 fully saturated rings. The smallest absolute Gasteiger partial charge is 0.128 e. The third-order valence-corrected chi connectivity index (χ3v) is 3.54. The number of nitrogens with zero attached hydrogens (tertiary/aromatic N) is 1. The van der Waals surface area contributed by atoms with Crippen molar-refractivity contribution in [2.75, 3.05) is 0 Å². The highest BCUT2D eigenvalue weighted by atomic mass is 16.3. The van der Waals surface area contributed by atoms with Gasteiger partial charge in [0, 0.05) is 5.56 Å². The van der Waals surface area contributed by atoms with E-state index in [9.17, 15) is 10.2 Å². The second-order valence-electron chi connectivity index (χ2n) is 4.81. The lowest BCUT2D eigenvalue weighted by molar-refractivity contribution is 0.112. The molecule has 0 spiro atoms. The van der Waals surface area contributed by atoms with Gasteiger partial charge in [-0.15, -0.1) is 0 Å². The molecule has 0 aromatic heterocycles. The summed E-state index contributed by atoms with van der Waals surface area (Å²) < 4.78 is 0. The largest absolute Gasteiger partial charge is 0.508 e. The fraction of sp³-hybridized carbons (Fsp3) is 0.462. The SMILES string of the molecule is Oc1ccc(C2=NC3CCC(O)CC3N2)cc1. The topological polar surface area (TPSA) is 64.9 Å². The number of rotatable bonds is 1. The summed E-state index contributed by atoms with van der Waals surface area (Å²) >= 11 is 0. The molecule has 4 nitrogen and oxygen atoms in total. The van der Waals surface area contributed by atoms with Gasteiger partial charge in [0.2, 0.25) is 0 Å². The zero-order chi connectivity index (χ0) is 11.8. The number of hydrogen-bond acceptors (Lipinski definition) is 4. The number of hydrogen-bond donors (Lipinski definition) is 3. The van der Waals surface area contributed by atoms with Crippen molar-refractivity contribution in [1.82, 2.24) is 5.32 Å². The Morgan fingerprint density at radius 1 is 1.18 bits per heavy atom. The Labute approximate surface area is 100 Å². The molecule has 1 aromatic rings. The number of aromatic hydroxyl groups is 1. The van der Waals surface area contributed by atoms with Crippen LogP contribution in [0.25, 0.3) is 0 Å². The summed E-state index contributed by atoms with van der Waals surface area (Å²) in [5.74, 6) is 1.15. The van der Waals surface area contributed by atoms with E-state index in [-0.39, 0.29) is 17.9 Å². The highest BCUT2D eigenvalue weighted by Gasteiger charge is 2.34. The molecule has 3 atom stereocenters. The Morgan fingerprint density at radius 3 is 2.71 bits per heavy atom. The first-order valence-electron chi connectivity index (χ1n) is 6.04. The van der Waals surface area contributed by atoms with Crippen LogP contribution in [0, 0.1) is 0 Å². The molecule has 1 aliphatic heterocycles. The van der Waals surface area contributed by atoms with Crippen LogP contribution in [-0.4, -0.2) is 34.2 Å². The molecule has 0 amide bonds. The third kappa shape index (κ3) is 2.00. The molecule has 3 unspecified atom stereocenters. The maximum absolute atomic E-state index is 9.63. The molecule has 17 heavy (non-hydrogen) atoms. The van der Waals surface area contributed by atoms with Gasteiger partial charge in [-0.2, -0.15) is 0 Å². The van der Waals surface area contributed by atoms with Crippen molar-refractivity contribution >= 4 is 5.84 Å². The summed E-state index contributed by atoms with van der Waals surface area (Å²) in [6, 6.07) is 7.60. The molecule has 90 valence electrons. The number of nitrogens with one attached hydrogen (secondary N) is 1. The number of fused-ring (bicyclic) bond motifs is 1. The van der Waals surface area contributed by atoms with Gasteiger partial charge in [-0.25, -0.2) is 0 Å². The van der Waals surface area contributed by atoms with Crippen LogP contribution >= 0.6 is 0 Å². The second kappa shape index (κ2) is 4.04. The molecule has 1 aliphatic carbocycles. The van der Waals surface area contributed by atoms with Gasteiger partial charge in [0.25, 0.3) is 0 Å². The van der Waals surface area contributed by atoms with E-state index in [0.717, 1.165) is 30.7 Å². The number of phenolic OH excluding ortho intramolecular Hbond substituents is 1. The maximum atomic E-state index is 9.63. The van der Waals surface area contributed by atoms with Crippen LogP contribution in [0.2, 0.25) is 0 Å². The van der Waals surface area contributed by atoms with E-state index in [4.69, 9.17) is 0 Å². The van der Waals surface area contributed by atoms with Crippen molar-refractivity contribution in [1.29, 1.82) is 0 Å². The average Bonchev–Trinajstić information content (AvgIpc) is 2.72. The maximum Gasteiger partial charge on any atom is 0.128 e. The molecule has 0 saturated heterocycles. The zero-order valence-electron chi connectivity index (χ0n) is 9.50. The molecule has 4 heteroatoms. The van der Waals surface area contributed by atoms with Gasteiger partial charge in [-0.3, -0.25) is 4.99 Å². The Kier molecular flexibility index (Phi) is 2.52. The van der Waals surface area contributed by atoms with Crippen LogP contribution in [0.5, 0.6) is 5.75 Å². The van der Waals surface area contributed by atoms with Crippen molar-refractivity contribution in [2.45, 2.75) is 37.5 Å². The minimum atomic E-state index is -0.196. The van der Waals surface area contributed by atoms with Crippen LogP contribution in [-0.2, 0) is 0 Å². The fourth-order valence-corrected chi connectivity index (χ4v) is 2.60. The first-order valence-corrected chi connectivity index (χ1v) is 6.04. The summed E-state index contributed by atoms with van der Waals surface area (Å²) in [5, 5.41) is 22.2. The first kappa shape index (κ1) is 10.6. The minimum absolute atomic E-state index is 0.196. The van der Waals surface area contributed by atoms with Crippen molar-refractivity contribution < 1.29 is 10.2 Å². The summed E-state index contributed by atoms with van der Waals surface area (Å²) in [5.41, 5.74) is 0.992. The molecular formula is C13H16N2O2. The van der Waals surface area contributed by atoms with E-state index in [1.165, 1.54) is 0 Å². The van der Waals surface area contributed by atoms with E-state index < -0.39 is 0 Å². The molecule has 3 N–H and O–H groups in total. The lowest BCUT2D eigenvalue weighted by atomic mass is 9.90. The lowest BCUT2D eigenvalue weighted by Crippen LogP contribution is -2.41.